The number of allylic oxidation sites excluding steroid dienone is 5. The fourth-order valence-corrected chi connectivity index (χ4v) is 0.390. The van der Waals surface area contributed by atoms with E-state index < -0.39 is 5.91 Å². The molecule has 0 saturated heterocycles. The monoisotopic (exact) mass is 137 g/mol. The number of amides is 1. The zero-order chi connectivity index (χ0) is 7.82. The van der Waals surface area contributed by atoms with Crippen molar-refractivity contribution in [1.82, 2.24) is 0 Å². The van der Waals surface area contributed by atoms with Gasteiger partial charge in [0.05, 0.1) is 0 Å². The van der Waals surface area contributed by atoms with E-state index in [0.29, 0.717) is 0 Å². The van der Waals surface area contributed by atoms with Crippen LogP contribution >= 0.6 is 0 Å². The number of carbonyl (C=O) groups excluding carboxylic acids is 1. The van der Waals surface area contributed by atoms with Crippen molar-refractivity contribution in [1.29, 1.82) is 0 Å². The van der Waals surface area contributed by atoms with Gasteiger partial charge >= 0.3 is 0 Å². The van der Waals surface area contributed by atoms with Gasteiger partial charge in [0.25, 0.3) is 0 Å². The SMILES string of the molecule is CC=CC=CC=CC(N)=O. The normalized spacial score (nSPS) is 12.1. The first kappa shape index (κ1) is 8.69. The van der Waals surface area contributed by atoms with E-state index in [1.807, 2.05) is 25.2 Å². The van der Waals surface area contributed by atoms with Gasteiger partial charge in [0.15, 0.2) is 0 Å². The molecule has 0 bridgehead atoms. The summed E-state index contributed by atoms with van der Waals surface area (Å²) in [5.74, 6) is -0.426. The van der Waals surface area contributed by atoms with Crippen LogP contribution < -0.4 is 5.73 Å². The maximum atomic E-state index is 10.1. The molecule has 54 valence electrons. The van der Waals surface area contributed by atoms with Gasteiger partial charge in [0, 0.05) is 6.08 Å². The second-order valence-electron chi connectivity index (χ2n) is 1.67. The first-order chi connectivity index (χ1) is 4.77. The lowest BCUT2D eigenvalue weighted by molar-refractivity contribution is -0.113. The Kier molecular flexibility index (Phi) is 5.06. The van der Waals surface area contributed by atoms with E-state index in [4.69, 9.17) is 5.73 Å². The molecule has 0 unspecified atom stereocenters. The number of nitrogens with two attached hydrogens (primary N) is 1. The van der Waals surface area contributed by atoms with Crippen LogP contribution in [0.5, 0.6) is 0 Å². The summed E-state index contributed by atoms with van der Waals surface area (Å²) < 4.78 is 0. The molecule has 0 aliphatic carbocycles. The summed E-state index contributed by atoms with van der Waals surface area (Å²) in [6, 6.07) is 0. The first-order valence-electron chi connectivity index (χ1n) is 3.03. The van der Waals surface area contributed by atoms with Crippen LogP contribution in [0.2, 0.25) is 0 Å². The Balaban J connectivity index is 3.62. The third kappa shape index (κ3) is 6.69. The molecule has 0 aromatic heterocycles. The highest BCUT2D eigenvalue weighted by Gasteiger charge is 1.75. The minimum atomic E-state index is -0.426. The summed E-state index contributed by atoms with van der Waals surface area (Å²) >= 11 is 0. The van der Waals surface area contributed by atoms with Gasteiger partial charge in [0.1, 0.15) is 0 Å². The Hall–Kier alpha value is -1.31. The summed E-state index contributed by atoms with van der Waals surface area (Å²) in [5, 5.41) is 0. The van der Waals surface area contributed by atoms with Crippen LogP contribution in [0, 0.1) is 0 Å². The molecule has 0 atom stereocenters. The van der Waals surface area contributed by atoms with Gasteiger partial charge in [-0.1, -0.05) is 30.4 Å². The van der Waals surface area contributed by atoms with Crippen LogP contribution in [-0.2, 0) is 4.79 Å². The minimum Gasteiger partial charge on any atom is -0.366 e. The van der Waals surface area contributed by atoms with Crippen LogP contribution in [0.3, 0.4) is 0 Å². The first-order valence-corrected chi connectivity index (χ1v) is 3.03. The predicted molar refractivity (Wildman–Crippen MR) is 42.3 cm³/mol. The van der Waals surface area contributed by atoms with Crippen LogP contribution in [0.15, 0.2) is 36.5 Å². The Morgan fingerprint density at radius 2 is 1.80 bits per heavy atom. The number of hydrogen-bond donors (Lipinski definition) is 1. The number of hydrogen-bond acceptors (Lipinski definition) is 1. The molecule has 10 heavy (non-hydrogen) atoms. The molecule has 0 radical (unpaired) electrons. The smallest absolute Gasteiger partial charge is 0.241 e. The van der Waals surface area contributed by atoms with Crippen molar-refractivity contribution >= 4 is 5.91 Å². The highest BCUT2D eigenvalue weighted by molar-refractivity contribution is 5.85. The molecular formula is C8H11NO. The average molecular weight is 137 g/mol. The van der Waals surface area contributed by atoms with E-state index >= 15 is 0 Å². The zero-order valence-corrected chi connectivity index (χ0v) is 5.95. The van der Waals surface area contributed by atoms with Gasteiger partial charge in [-0.3, -0.25) is 4.79 Å². The fraction of sp³-hybridized carbons (Fsp3) is 0.125. The standard InChI is InChI=1S/C8H11NO/c1-2-3-4-5-6-7-8(9)10/h2-7H,1H3,(H2,9,10). The van der Waals surface area contributed by atoms with Crippen molar-refractivity contribution in [3.8, 4) is 0 Å². The van der Waals surface area contributed by atoms with Gasteiger partial charge in [-0.25, -0.2) is 0 Å². The van der Waals surface area contributed by atoms with Crippen LogP contribution in [0.4, 0.5) is 0 Å². The lowest BCUT2D eigenvalue weighted by atomic mass is 10.4. The predicted octanol–water partition coefficient (Wildman–Crippen LogP) is 1.16. The molecule has 2 N–H and O–H groups in total. The van der Waals surface area contributed by atoms with E-state index in [2.05, 4.69) is 0 Å². The Morgan fingerprint density at radius 1 is 1.20 bits per heavy atom. The highest BCUT2D eigenvalue weighted by Crippen LogP contribution is 1.78. The second kappa shape index (κ2) is 5.82. The Labute approximate surface area is 60.7 Å². The van der Waals surface area contributed by atoms with Gasteiger partial charge in [-0.2, -0.15) is 0 Å². The second-order valence-corrected chi connectivity index (χ2v) is 1.67. The maximum absolute atomic E-state index is 10.1. The van der Waals surface area contributed by atoms with E-state index in [1.165, 1.54) is 6.08 Å². The van der Waals surface area contributed by atoms with Gasteiger partial charge in [-0.05, 0) is 6.92 Å². The van der Waals surface area contributed by atoms with E-state index in [-0.39, 0.29) is 0 Å². The van der Waals surface area contributed by atoms with E-state index in [1.54, 1.807) is 12.2 Å². The minimum absolute atomic E-state index is 0.426. The Bertz CT molecular complexity index is 178. The summed E-state index contributed by atoms with van der Waals surface area (Å²) in [6.45, 7) is 1.92. The summed E-state index contributed by atoms with van der Waals surface area (Å²) in [4.78, 5) is 10.1. The number of primary amides is 1. The zero-order valence-electron chi connectivity index (χ0n) is 5.95. The van der Waals surface area contributed by atoms with Gasteiger partial charge in [-0.15, -0.1) is 0 Å². The molecule has 0 rings (SSSR count). The molecule has 0 aliphatic rings. The molecule has 0 heterocycles. The number of carbonyl (C=O) groups is 1. The number of rotatable bonds is 3. The summed E-state index contributed by atoms with van der Waals surface area (Å²) in [7, 11) is 0. The van der Waals surface area contributed by atoms with Crippen molar-refractivity contribution < 1.29 is 4.79 Å². The molecule has 0 spiro atoms. The van der Waals surface area contributed by atoms with Crippen molar-refractivity contribution in [2.45, 2.75) is 6.92 Å². The van der Waals surface area contributed by atoms with Crippen LogP contribution in [-0.4, -0.2) is 5.91 Å². The summed E-state index contributed by atoms with van der Waals surface area (Å²) in [6.07, 6.45) is 10.2. The molecular weight excluding hydrogens is 126 g/mol. The van der Waals surface area contributed by atoms with Gasteiger partial charge < -0.3 is 5.73 Å². The Morgan fingerprint density at radius 3 is 2.30 bits per heavy atom. The quantitative estimate of drug-likeness (QED) is 0.460. The van der Waals surface area contributed by atoms with Crippen LogP contribution in [0.1, 0.15) is 6.92 Å². The molecule has 0 aromatic rings. The lowest BCUT2D eigenvalue weighted by Crippen LogP contribution is -2.04. The fourth-order valence-electron chi connectivity index (χ4n) is 0.390. The third-order valence-corrected chi connectivity index (χ3v) is 0.786. The largest absolute Gasteiger partial charge is 0.366 e. The molecule has 0 aliphatic heterocycles. The maximum Gasteiger partial charge on any atom is 0.241 e. The van der Waals surface area contributed by atoms with Crippen molar-refractivity contribution in [3.63, 3.8) is 0 Å². The van der Waals surface area contributed by atoms with Crippen LogP contribution in [0.25, 0.3) is 0 Å². The molecule has 2 nitrogen and oxygen atoms in total. The topological polar surface area (TPSA) is 43.1 Å². The van der Waals surface area contributed by atoms with Gasteiger partial charge in [0.2, 0.25) is 5.91 Å². The van der Waals surface area contributed by atoms with E-state index in [9.17, 15) is 4.79 Å². The molecule has 2 heteroatoms. The molecule has 0 aromatic carbocycles. The summed E-state index contributed by atoms with van der Waals surface area (Å²) in [5.41, 5.74) is 4.83. The third-order valence-electron chi connectivity index (χ3n) is 0.786. The van der Waals surface area contributed by atoms with Crippen molar-refractivity contribution in [2.24, 2.45) is 5.73 Å². The molecule has 0 fully saturated rings. The molecule has 1 amide bonds. The average Bonchev–Trinajstić information content (AvgIpc) is 1.87. The lowest BCUT2D eigenvalue weighted by Gasteiger charge is -1.74. The highest BCUT2D eigenvalue weighted by atomic mass is 16.1. The van der Waals surface area contributed by atoms with Crippen molar-refractivity contribution in [3.05, 3.63) is 36.5 Å². The van der Waals surface area contributed by atoms with E-state index in [0.717, 1.165) is 0 Å². The molecule has 0 saturated carbocycles. The van der Waals surface area contributed by atoms with Crippen molar-refractivity contribution in [2.75, 3.05) is 0 Å².